The van der Waals surface area contributed by atoms with Crippen molar-refractivity contribution in [1.82, 2.24) is 9.80 Å². The van der Waals surface area contributed by atoms with E-state index in [0.717, 1.165) is 166 Å². The fraction of sp³-hybridized carbons (Fsp3) is 1.00. The molecule has 14 aliphatic carbocycles. The lowest BCUT2D eigenvalue weighted by atomic mass is 9.39. The van der Waals surface area contributed by atoms with Crippen molar-refractivity contribution in [2.45, 2.75) is 370 Å². The van der Waals surface area contributed by atoms with Crippen molar-refractivity contribution in [3.63, 3.8) is 0 Å². The summed E-state index contributed by atoms with van der Waals surface area (Å²) in [6.07, 6.45) is 83.1. The zero-order valence-corrected chi connectivity index (χ0v) is 53.8. The van der Waals surface area contributed by atoms with Crippen LogP contribution in [0.4, 0.5) is 0 Å². The Morgan fingerprint density at radius 2 is 0.366 bits per heavy atom. The van der Waals surface area contributed by atoms with Crippen LogP contribution in [0.1, 0.15) is 334 Å². The average molecular weight is 1120 g/mol. The Morgan fingerprint density at radius 3 is 0.659 bits per heavy atom. The van der Waals surface area contributed by atoms with Crippen molar-refractivity contribution >= 4 is 0 Å². The molecule has 16 aliphatic rings. The Hall–Kier alpha value is -0.0800. The summed E-state index contributed by atoms with van der Waals surface area (Å²) in [6.45, 7) is 0. The molecule has 0 bridgehead atoms. The summed E-state index contributed by atoms with van der Waals surface area (Å²) in [4.78, 5) is 7.13. The second kappa shape index (κ2) is 25.7. The van der Waals surface area contributed by atoms with Crippen LogP contribution in [-0.2, 0) is 0 Å². The third kappa shape index (κ3) is 10.9. The molecule has 22 unspecified atom stereocenters. The number of fused-ring (bicyclic) bond motifs is 8. The molecule has 16 rings (SSSR count). The van der Waals surface area contributed by atoms with Gasteiger partial charge >= 0.3 is 0 Å². The second-order valence-corrected chi connectivity index (χ2v) is 35.8. The maximum atomic E-state index is 3.56. The minimum atomic E-state index is 0.924. The van der Waals surface area contributed by atoms with Gasteiger partial charge in [0.2, 0.25) is 0 Å². The molecule has 2 heteroatoms. The molecule has 2 nitrogen and oxygen atoms in total. The van der Waals surface area contributed by atoms with Crippen molar-refractivity contribution < 1.29 is 0 Å². The van der Waals surface area contributed by atoms with Crippen molar-refractivity contribution in [1.29, 1.82) is 0 Å². The smallest absolute Gasteiger partial charge is 0.0129 e. The third-order valence-corrected chi connectivity index (χ3v) is 32.8. The number of rotatable bonds is 7. The van der Waals surface area contributed by atoms with Gasteiger partial charge in [0.05, 0.1) is 0 Å². The highest BCUT2D eigenvalue weighted by molar-refractivity contribution is 5.13. The topological polar surface area (TPSA) is 6.48 Å². The molecule has 82 heavy (non-hydrogen) atoms. The first kappa shape index (κ1) is 57.1. The summed E-state index contributed by atoms with van der Waals surface area (Å²) >= 11 is 0. The van der Waals surface area contributed by atoms with Crippen LogP contribution in [0.3, 0.4) is 0 Å². The molecule has 0 aromatic heterocycles. The van der Waals surface area contributed by atoms with E-state index >= 15 is 0 Å². The molecule has 0 aromatic carbocycles. The van der Waals surface area contributed by atoms with Gasteiger partial charge in [0.25, 0.3) is 0 Å². The maximum Gasteiger partial charge on any atom is 0.0129 e. The van der Waals surface area contributed by atoms with E-state index < -0.39 is 0 Å². The Labute approximate surface area is 507 Å². The van der Waals surface area contributed by atoms with Gasteiger partial charge in [-0.15, -0.1) is 0 Å². The van der Waals surface area contributed by atoms with Crippen LogP contribution < -0.4 is 0 Å². The highest BCUT2D eigenvalue weighted by Gasteiger charge is 2.63. The van der Waals surface area contributed by atoms with Gasteiger partial charge in [-0.1, -0.05) is 167 Å². The van der Waals surface area contributed by atoms with Crippen molar-refractivity contribution in [3.8, 4) is 0 Å². The molecule has 2 aliphatic heterocycles. The number of nitrogens with zero attached hydrogens (tertiary/aromatic N) is 2. The van der Waals surface area contributed by atoms with E-state index in [0.29, 0.717) is 0 Å². The van der Waals surface area contributed by atoms with Gasteiger partial charge in [-0.3, -0.25) is 9.80 Å². The van der Waals surface area contributed by atoms with Crippen molar-refractivity contribution in [3.05, 3.63) is 0 Å². The fourth-order valence-corrected chi connectivity index (χ4v) is 30.3. The van der Waals surface area contributed by atoms with Crippen LogP contribution in [-0.4, -0.2) is 46.1 Å². The van der Waals surface area contributed by atoms with Gasteiger partial charge in [0, 0.05) is 36.3 Å². The van der Waals surface area contributed by atoms with Crippen LogP contribution in [0.15, 0.2) is 0 Å². The molecular weight excluding hydrogens is 989 g/mol. The molecule has 0 N–H and O–H groups in total. The van der Waals surface area contributed by atoms with E-state index in [1.54, 1.807) is 334 Å². The van der Waals surface area contributed by atoms with E-state index in [1.807, 2.05) is 0 Å². The van der Waals surface area contributed by atoms with Crippen molar-refractivity contribution in [2.75, 3.05) is 0 Å². The van der Waals surface area contributed by atoms with Crippen LogP contribution in [0, 0.1) is 130 Å². The summed E-state index contributed by atoms with van der Waals surface area (Å²) in [7, 11) is 0. The molecule has 14 saturated carbocycles. The SMILES string of the molecule is C1CCC(C2CC(C3C4CCCCC4C(C4C5CCCCC5C(C5CC(C6CCCCC6)CC(N6C7CCCCC7CCC7CCCCC76)C5)C5CCCCC54)C4CCCCC43)CC(N3C4CCCCC4CCC4CCCCC43)C2)CC1. The van der Waals surface area contributed by atoms with E-state index in [-0.39, 0.29) is 0 Å². The standard InChI is InChI=1S/C80H132N2/c1-3-23-53(24-4-1)59-47-61(51-63(49-59)81-73-39-19-7-27-55(73)43-44-56-28-8-20-40-74(56)81)77-65-31-11-15-35-69(65)79(70-36-16-12-32-66(70)77)80-71-37-17-13-33-67(71)78(68-34-14-18-38-72(68)80)62-48-60(54-25-5-2-6-26-54)50-64(52-62)82-75-41-21-9-29-57(75)45-46-58-30-10-22-42-76(58)82/h53-80H,1-52H2. The van der Waals surface area contributed by atoms with Gasteiger partial charge in [0.15, 0.2) is 0 Å². The molecule has 462 valence electrons. The molecule has 0 spiro atoms. The maximum absolute atomic E-state index is 3.56. The van der Waals surface area contributed by atoms with Crippen LogP contribution >= 0.6 is 0 Å². The lowest BCUT2D eigenvalue weighted by Crippen LogP contribution is -2.61. The molecule has 22 atom stereocenters. The van der Waals surface area contributed by atoms with Gasteiger partial charge in [-0.25, -0.2) is 0 Å². The lowest BCUT2D eigenvalue weighted by Gasteiger charge is -2.66. The van der Waals surface area contributed by atoms with E-state index in [2.05, 4.69) is 9.80 Å². The predicted octanol–water partition coefficient (Wildman–Crippen LogP) is 21.9. The quantitative estimate of drug-likeness (QED) is 0.251. The monoisotopic (exact) mass is 1120 g/mol. The summed E-state index contributed by atoms with van der Waals surface area (Å²) in [5, 5.41) is 0. The average Bonchev–Trinajstić information content (AvgIpc) is 3.28. The molecule has 2 saturated heterocycles. The van der Waals surface area contributed by atoms with E-state index in [4.69, 9.17) is 0 Å². The highest BCUT2D eigenvalue weighted by Crippen LogP contribution is 2.69. The Morgan fingerprint density at radius 1 is 0.146 bits per heavy atom. The Kier molecular flexibility index (Phi) is 17.9. The first-order valence-corrected chi connectivity index (χ1v) is 40.2. The molecule has 2 heterocycles. The normalized spacial score (nSPS) is 52.1. The summed E-state index contributed by atoms with van der Waals surface area (Å²) in [5.41, 5.74) is 0. The predicted molar refractivity (Wildman–Crippen MR) is 343 cm³/mol. The first-order valence-electron chi connectivity index (χ1n) is 40.2. The van der Waals surface area contributed by atoms with Gasteiger partial charge < -0.3 is 0 Å². The van der Waals surface area contributed by atoms with Crippen LogP contribution in [0.25, 0.3) is 0 Å². The molecular formula is C80H132N2. The number of hydrogen-bond acceptors (Lipinski definition) is 2. The third-order valence-electron chi connectivity index (χ3n) is 32.8. The Bertz CT molecular complexity index is 1790. The molecule has 0 radical (unpaired) electrons. The number of hydrogen-bond donors (Lipinski definition) is 0. The molecule has 16 fully saturated rings. The second-order valence-electron chi connectivity index (χ2n) is 35.8. The molecule has 0 aromatic rings. The summed E-state index contributed by atoms with van der Waals surface area (Å²) < 4.78 is 0. The van der Waals surface area contributed by atoms with Gasteiger partial charge in [-0.2, -0.15) is 0 Å². The summed E-state index contributed by atoms with van der Waals surface area (Å²) in [5.74, 6) is 23.5. The Balaban J connectivity index is 0.736. The minimum Gasteiger partial charge on any atom is -0.294 e. The zero-order chi connectivity index (χ0) is 54.1. The zero-order valence-electron chi connectivity index (χ0n) is 53.8. The van der Waals surface area contributed by atoms with Crippen LogP contribution in [0.5, 0.6) is 0 Å². The van der Waals surface area contributed by atoms with Crippen LogP contribution in [0.2, 0.25) is 0 Å². The van der Waals surface area contributed by atoms with Gasteiger partial charge in [0.1, 0.15) is 0 Å². The first-order chi connectivity index (χ1) is 40.7. The lowest BCUT2D eigenvalue weighted by molar-refractivity contribution is -0.179. The molecule has 0 amide bonds. The van der Waals surface area contributed by atoms with E-state index in [9.17, 15) is 0 Å². The largest absolute Gasteiger partial charge is 0.294 e. The summed E-state index contributed by atoms with van der Waals surface area (Å²) in [6, 6.07) is 5.63. The minimum absolute atomic E-state index is 0.924. The fourth-order valence-electron chi connectivity index (χ4n) is 30.3. The van der Waals surface area contributed by atoms with Gasteiger partial charge in [-0.05, 0) is 297 Å². The number of likely N-dealkylation sites (tertiary alicyclic amines) is 2. The van der Waals surface area contributed by atoms with Crippen molar-refractivity contribution in [2.24, 2.45) is 130 Å². The van der Waals surface area contributed by atoms with E-state index in [1.165, 1.54) is 0 Å². The highest BCUT2D eigenvalue weighted by atomic mass is 15.2.